The van der Waals surface area contributed by atoms with Crippen molar-refractivity contribution < 1.29 is 4.79 Å². The third-order valence-electron chi connectivity index (χ3n) is 3.42. The van der Waals surface area contributed by atoms with E-state index in [4.69, 9.17) is 0 Å². The van der Waals surface area contributed by atoms with E-state index in [1.165, 1.54) is 16.9 Å². The summed E-state index contributed by atoms with van der Waals surface area (Å²) in [7, 11) is 0. The van der Waals surface area contributed by atoms with Crippen molar-refractivity contribution in [1.82, 2.24) is 0 Å². The summed E-state index contributed by atoms with van der Waals surface area (Å²) >= 11 is 3.23. The number of nitrogens with zero attached hydrogens (tertiary/aromatic N) is 2. The number of Topliss-reactive ketones (excluding diaryl/α,β-unsaturated/α-hetero) is 1. The van der Waals surface area contributed by atoms with Gasteiger partial charge in [-0.15, -0.1) is 11.3 Å². The normalized spacial score (nSPS) is 14.5. The van der Waals surface area contributed by atoms with Crippen LogP contribution in [0.2, 0.25) is 0 Å². The maximum atomic E-state index is 12.5. The first-order valence-electron chi connectivity index (χ1n) is 7.32. The number of hydrogen-bond donors (Lipinski definition) is 0. The van der Waals surface area contributed by atoms with Gasteiger partial charge in [0.15, 0.2) is 11.0 Å². The number of aryl methyl sites for hydroxylation is 1. The van der Waals surface area contributed by atoms with Gasteiger partial charge >= 0.3 is 0 Å². The molecule has 0 N–H and O–H groups in total. The summed E-state index contributed by atoms with van der Waals surface area (Å²) in [5.41, 5.74) is 2.23. The topological polar surface area (TPSA) is 32.7 Å². The Labute approximate surface area is 139 Å². The fraction of sp³-hybridized carbons (Fsp3) is 0.294. The zero-order valence-corrected chi connectivity index (χ0v) is 14.1. The van der Waals surface area contributed by atoms with E-state index in [-0.39, 0.29) is 5.78 Å². The molecule has 114 valence electrons. The van der Waals surface area contributed by atoms with Gasteiger partial charge in [0.05, 0.1) is 11.4 Å². The van der Waals surface area contributed by atoms with Crippen LogP contribution in [0.5, 0.6) is 0 Å². The van der Waals surface area contributed by atoms with Crippen molar-refractivity contribution >= 4 is 39.7 Å². The molecule has 0 fully saturated rings. The highest BCUT2D eigenvalue weighted by Gasteiger charge is 2.21. The number of aliphatic imine (C=N–C) groups is 1. The number of rotatable bonds is 4. The number of benzene rings is 1. The van der Waals surface area contributed by atoms with Gasteiger partial charge in [-0.25, -0.2) is 0 Å². The fourth-order valence-corrected chi connectivity index (χ4v) is 3.96. The zero-order chi connectivity index (χ0) is 15.4. The van der Waals surface area contributed by atoms with Gasteiger partial charge in [0, 0.05) is 18.0 Å². The average Bonchev–Trinajstić information content (AvgIpc) is 3.08. The average molecular weight is 330 g/mol. The van der Waals surface area contributed by atoms with Crippen molar-refractivity contribution in [2.75, 3.05) is 23.7 Å². The Morgan fingerprint density at radius 1 is 1.32 bits per heavy atom. The van der Waals surface area contributed by atoms with Crippen LogP contribution in [-0.4, -0.2) is 29.8 Å². The van der Waals surface area contributed by atoms with Crippen LogP contribution in [0.1, 0.15) is 21.7 Å². The van der Waals surface area contributed by atoms with Crippen molar-refractivity contribution in [3.8, 4) is 0 Å². The number of carbonyl (C=O) groups is 1. The van der Waals surface area contributed by atoms with Crippen molar-refractivity contribution in [2.45, 2.75) is 13.3 Å². The third-order valence-corrected chi connectivity index (χ3v) is 5.43. The molecule has 0 bridgehead atoms. The smallest absolute Gasteiger partial charge is 0.192 e. The first kappa shape index (κ1) is 15.3. The van der Waals surface area contributed by atoms with Crippen LogP contribution in [0.25, 0.3) is 0 Å². The molecule has 1 aromatic carbocycles. The summed E-state index contributed by atoms with van der Waals surface area (Å²) in [6.07, 6.45) is 1.11. The van der Waals surface area contributed by atoms with Crippen molar-refractivity contribution in [1.29, 1.82) is 0 Å². The molecule has 3 nitrogen and oxygen atoms in total. The second-order valence-corrected chi connectivity index (χ2v) is 7.20. The standard InChI is InChI=1S/C17H18N2OS2/c1-13-5-2-6-14(11-13)19(17-18-8-4-10-22-17)12-15(20)16-7-3-9-21-16/h2-3,5-7,9,11H,4,8,10,12H2,1H3. The molecule has 2 heterocycles. The van der Waals surface area contributed by atoms with E-state index in [1.54, 1.807) is 11.8 Å². The van der Waals surface area contributed by atoms with Crippen LogP contribution in [0.4, 0.5) is 5.69 Å². The number of carbonyl (C=O) groups excluding carboxylic acids is 1. The van der Waals surface area contributed by atoms with Crippen LogP contribution in [0, 0.1) is 6.92 Å². The number of thioether (sulfide) groups is 1. The predicted molar refractivity (Wildman–Crippen MR) is 96.6 cm³/mol. The molecule has 22 heavy (non-hydrogen) atoms. The Bertz CT molecular complexity index is 680. The number of ketones is 1. The summed E-state index contributed by atoms with van der Waals surface area (Å²) < 4.78 is 0. The largest absolute Gasteiger partial charge is 0.313 e. The maximum absolute atomic E-state index is 12.5. The molecule has 1 aliphatic rings. The van der Waals surface area contributed by atoms with Crippen LogP contribution >= 0.6 is 23.1 Å². The minimum absolute atomic E-state index is 0.144. The van der Waals surface area contributed by atoms with Gasteiger partial charge in [-0.2, -0.15) is 0 Å². The van der Waals surface area contributed by atoms with Gasteiger partial charge in [-0.3, -0.25) is 9.79 Å². The molecule has 0 radical (unpaired) electrons. The summed E-state index contributed by atoms with van der Waals surface area (Å²) in [5.74, 6) is 1.21. The lowest BCUT2D eigenvalue weighted by atomic mass is 10.2. The number of anilines is 1. The number of amidine groups is 1. The molecule has 1 aliphatic heterocycles. The molecule has 0 saturated heterocycles. The van der Waals surface area contributed by atoms with E-state index < -0.39 is 0 Å². The fourth-order valence-electron chi connectivity index (χ4n) is 2.34. The van der Waals surface area contributed by atoms with Gasteiger partial charge in [0.1, 0.15) is 0 Å². The quantitative estimate of drug-likeness (QED) is 0.786. The SMILES string of the molecule is Cc1cccc(N(CC(=O)c2cccs2)C2=NCCCS2)c1. The first-order chi connectivity index (χ1) is 10.7. The molecule has 0 amide bonds. The highest BCUT2D eigenvalue weighted by atomic mass is 32.2. The Balaban J connectivity index is 1.89. The lowest BCUT2D eigenvalue weighted by Gasteiger charge is -2.27. The van der Waals surface area contributed by atoms with E-state index >= 15 is 0 Å². The lowest BCUT2D eigenvalue weighted by Crippen LogP contribution is -2.35. The van der Waals surface area contributed by atoms with E-state index in [2.05, 4.69) is 28.9 Å². The monoisotopic (exact) mass is 330 g/mol. The minimum Gasteiger partial charge on any atom is -0.313 e. The summed E-state index contributed by atoms with van der Waals surface area (Å²) in [5, 5.41) is 2.90. The first-order valence-corrected chi connectivity index (χ1v) is 9.19. The lowest BCUT2D eigenvalue weighted by molar-refractivity contribution is 0.101. The molecular formula is C17H18N2OS2. The van der Waals surface area contributed by atoms with Crippen LogP contribution < -0.4 is 4.90 Å². The van der Waals surface area contributed by atoms with Crippen LogP contribution in [-0.2, 0) is 0 Å². The van der Waals surface area contributed by atoms with E-state index in [0.29, 0.717) is 6.54 Å². The Morgan fingerprint density at radius 2 is 2.23 bits per heavy atom. The highest BCUT2D eigenvalue weighted by Crippen LogP contribution is 2.24. The molecular weight excluding hydrogens is 312 g/mol. The molecule has 3 rings (SSSR count). The third kappa shape index (κ3) is 3.59. The summed E-state index contributed by atoms with van der Waals surface area (Å²) in [6.45, 7) is 3.26. The molecule has 0 spiro atoms. The zero-order valence-electron chi connectivity index (χ0n) is 12.5. The molecule has 2 aromatic rings. The Kier molecular flexibility index (Phi) is 4.95. The summed E-state index contributed by atoms with van der Waals surface area (Å²) in [6, 6.07) is 12.1. The predicted octanol–water partition coefficient (Wildman–Crippen LogP) is 4.24. The second-order valence-electron chi connectivity index (χ2n) is 5.19. The molecule has 0 saturated carbocycles. The molecule has 5 heteroatoms. The van der Waals surface area contributed by atoms with Gasteiger partial charge in [0.2, 0.25) is 0 Å². The van der Waals surface area contributed by atoms with Gasteiger partial charge in [0.25, 0.3) is 0 Å². The number of hydrogen-bond acceptors (Lipinski definition) is 5. The van der Waals surface area contributed by atoms with Crippen molar-refractivity contribution in [2.24, 2.45) is 4.99 Å². The maximum Gasteiger partial charge on any atom is 0.192 e. The van der Waals surface area contributed by atoms with Gasteiger partial charge in [-0.1, -0.05) is 30.0 Å². The van der Waals surface area contributed by atoms with Crippen molar-refractivity contribution in [3.63, 3.8) is 0 Å². The van der Waals surface area contributed by atoms with Crippen LogP contribution in [0.15, 0.2) is 46.8 Å². The Morgan fingerprint density at radius 3 is 2.91 bits per heavy atom. The van der Waals surface area contributed by atoms with Crippen LogP contribution in [0.3, 0.4) is 0 Å². The molecule has 0 atom stereocenters. The second kappa shape index (κ2) is 7.11. The minimum atomic E-state index is 0.144. The number of thiophene rings is 1. The summed E-state index contributed by atoms with van der Waals surface area (Å²) in [4.78, 5) is 20.0. The Hall–Kier alpha value is -1.59. The molecule has 1 aromatic heterocycles. The molecule has 0 unspecified atom stereocenters. The van der Waals surface area contributed by atoms with Crippen molar-refractivity contribution in [3.05, 3.63) is 52.2 Å². The van der Waals surface area contributed by atoms with E-state index in [9.17, 15) is 4.79 Å². The van der Waals surface area contributed by atoms with Gasteiger partial charge < -0.3 is 4.90 Å². The molecule has 0 aliphatic carbocycles. The highest BCUT2D eigenvalue weighted by molar-refractivity contribution is 8.14. The van der Waals surface area contributed by atoms with E-state index in [0.717, 1.165) is 34.5 Å². The van der Waals surface area contributed by atoms with E-state index in [1.807, 2.05) is 29.6 Å². The van der Waals surface area contributed by atoms with Gasteiger partial charge in [-0.05, 0) is 42.5 Å².